The van der Waals surface area contributed by atoms with Crippen molar-refractivity contribution in [2.75, 3.05) is 37.5 Å². The summed E-state index contributed by atoms with van der Waals surface area (Å²) in [5, 5.41) is 11.9. The van der Waals surface area contributed by atoms with Crippen molar-refractivity contribution in [2.24, 2.45) is 0 Å². The molecule has 0 radical (unpaired) electrons. The van der Waals surface area contributed by atoms with Crippen LogP contribution in [0.3, 0.4) is 0 Å². The smallest absolute Gasteiger partial charge is 0.322 e. The van der Waals surface area contributed by atoms with Gasteiger partial charge in [-0.2, -0.15) is 4.98 Å². The number of carbonyl (C=O) groups is 1. The first-order chi connectivity index (χ1) is 10.6. The molecule has 2 aromatic rings. The first kappa shape index (κ1) is 14.6. The SMILES string of the molecule is CN(C)c1nc2ccc(NC(=O)N(CCO)C3CC3)cc2o1. The van der Waals surface area contributed by atoms with E-state index < -0.39 is 0 Å². The van der Waals surface area contributed by atoms with Crippen molar-refractivity contribution in [3.05, 3.63) is 18.2 Å². The summed E-state index contributed by atoms with van der Waals surface area (Å²) in [5.74, 6) is 0. The second-order valence-electron chi connectivity index (χ2n) is 5.65. The molecule has 1 saturated carbocycles. The van der Waals surface area contributed by atoms with Crippen molar-refractivity contribution in [2.45, 2.75) is 18.9 Å². The van der Waals surface area contributed by atoms with Gasteiger partial charge in [-0.25, -0.2) is 4.79 Å². The topological polar surface area (TPSA) is 81.8 Å². The number of carbonyl (C=O) groups excluding carboxylic acids is 1. The molecular weight excluding hydrogens is 284 g/mol. The summed E-state index contributed by atoms with van der Waals surface area (Å²) in [6.45, 7) is 0.323. The number of aliphatic hydroxyl groups is 1. The second-order valence-corrected chi connectivity index (χ2v) is 5.65. The Morgan fingerprint density at radius 2 is 2.23 bits per heavy atom. The van der Waals surface area contributed by atoms with Gasteiger partial charge < -0.3 is 24.6 Å². The quantitative estimate of drug-likeness (QED) is 0.881. The maximum Gasteiger partial charge on any atom is 0.322 e. The Morgan fingerprint density at radius 1 is 1.45 bits per heavy atom. The fraction of sp³-hybridized carbons (Fsp3) is 0.467. The van der Waals surface area contributed by atoms with Crippen molar-refractivity contribution >= 4 is 28.8 Å². The zero-order valence-corrected chi connectivity index (χ0v) is 12.7. The number of fused-ring (bicyclic) bond motifs is 1. The number of aliphatic hydroxyl groups excluding tert-OH is 1. The number of anilines is 2. The molecule has 2 N–H and O–H groups in total. The number of nitrogens with zero attached hydrogens (tertiary/aromatic N) is 3. The van der Waals surface area contributed by atoms with Gasteiger partial charge in [0.2, 0.25) is 0 Å². The van der Waals surface area contributed by atoms with Crippen molar-refractivity contribution in [3.8, 4) is 0 Å². The van der Waals surface area contributed by atoms with Gasteiger partial charge in [-0.15, -0.1) is 0 Å². The lowest BCUT2D eigenvalue weighted by Gasteiger charge is -2.21. The highest BCUT2D eigenvalue weighted by Crippen LogP contribution is 2.28. The van der Waals surface area contributed by atoms with Crippen molar-refractivity contribution in [1.82, 2.24) is 9.88 Å². The molecule has 1 fully saturated rings. The molecule has 2 amide bonds. The normalized spacial score (nSPS) is 14.1. The van der Waals surface area contributed by atoms with E-state index in [1.54, 1.807) is 21.9 Å². The fourth-order valence-corrected chi connectivity index (χ4v) is 2.32. The van der Waals surface area contributed by atoms with E-state index in [9.17, 15) is 4.79 Å². The van der Waals surface area contributed by atoms with Gasteiger partial charge in [0, 0.05) is 38.4 Å². The van der Waals surface area contributed by atoms with Gasteiger partial charge in [-0.1, -0.05) is 0 Å². The van der Waals surface area contributed by atoms with E-state index in [4.69, 9.17) is 9.52 Å². The minimum atomic E-state index is -0.191. The number of urea groups is 1. The highest BCUT2D eigenvalue weighted by Gasteiger charge is 2.32. The van der Waals surface area contributed by atoms with Crippen LogP contribution in [0.1, 0.15) is 12.8 Å². The predicted octanol–water partition coefficient (Wildman–Crippen LogP) is 1.88. The maximum absolute atomic E-state index is 12.3. The molecule has 118 valence electrons. The van der Waals surface area contributed by atoms with Gasteiger partial charge >= 0.3 is 6.03 Å². The molecule has 0 saturated heterocycles. The summed E-state index contributed by atoms with van der Waals surface area (Å²) >= 11 is 0. The van der Waals surface area contributed by atoms with Gasteiger partial charge in [0.05, 0.1) is 6.61 Å². The van der Waals surface area contributed by atoms with Crippen LogP contribution in [0, 0.1) is 0 Å². The van der Waals surface area contributed by atoms with Crippen LogP contribution in [-0.4, -0.2) is 54.3 Å². The van der Waals surface area contributed by atoms with E-state index in [2.05, 4.69) is 10.3 Å². The zero-order chi connectivity index (χ0) is 15.7. The minimum absolute atomic E-state index is 0.0305. The standard InChI is InChI=1S/C15H20N4O3/c1-18(2)15-17-12-6-3-10(9-13(12)22-15)16-14(21)19(7-8-20)11-4-5-11/h3,6,9,11,20H,4-5,7-8H2,1-2H3,(H,16,21). The first-order valence-electron chi connectivity index (χ1n) is 7.35. The van der Waals surface area contributed by atoms with E-state index in [0.717, 1.165) is 18.4 Å². The molecule has 1 aromatic heterocycles. The van der Waals surface area contributed by atoms with Gasteiger partial charge in [-0.3, -0.25) is 0 Å². The largest absolute Gasteiger partial charge is 0.423 e. The van der Waals surface area contributed by atoms with Crippen LogP contribution in [0.15, 0.2) is 22.6 Å². The van der Waals surface area contributed by atoms with E-state index in [0.29, 0.717) is 23.8 Å². The van der Waals surface area contributed by atoms with E-state index in [-0.39, 0.29) is 18.7 Å². The predicted molar refractivity (Wildman–Crippen MR) is 84.2 cm³/mol. The number of benzene rings is 1. The van der Waals surface area contributed by atoms with Crippen LogP contribution in [0.25, 0.3) is 11.1 Å². The number of oxazole rings is 1. The van der Waals surface area contributed by atoms with Crippen LogP contribution in [-0.2, 0) is 0 Å². The zero-order valence-electron chi connectivity index (χ0n) is 12.7. The molecule has 3 rings (SSSR count). The third-order valence-corrected chi connectivity index (χ3v) is 3.60. The Labute approximate surface area is 128 Å². The lowest BCUT2D eigenvalue weighted by Crippen LogP contribution is -2.38. The van der Waals surface area contributed by atoms with Gasteiger partial charge in [-0.05, 0) is 25.0 Å². The average molecular weight is 304 g/mol. The summed E-state index contributed by atoms with van der Waals surface area (Å²) in [7, 11) is 3.71. The summed E-state index contributed by atoms with van der Waals surface area (Å²) in [5.41, 5.74) is 2.03. The van der Waals surface area contributed by atoms with Crippen LogP contribution in [0.2, 0.25) is 0 Å². The monoisotopic (exact) mass is 304 g/mol. The molecule has 7 nitrogen and oxygen atoms in total. The molecule has 1 aliphatic carbocycles. The molecular formula is C15H20N4O3. The number of hydrogen-bond acceptors (Lipinski definition) is 5. The van der Waals surface area contributed by atoms with Crippen LogP contribution in [0.4, 0.5) is 16.5 Å². The Kier molecular flexibility index (Phi) is 3.89. The van der Waals surface area contributed by atoms with Crippen molar-refractivity contribution < 1.29 is 14.3 Å². The Morgan fingerprint density at radius 3 is 2.86 bits per heavy atom. The van der Waals surface area contributed by atoms with Crippen molar-refractivity contribution in [1.29, 1.82) is 0 Å². The molecule has 1 aromatic carbocycles. The molecule has 0 bridgehead atoms. The maximum atomic E-state index is 12.3. The molecule has 1 heterocycles. The van der Waals surface area contributed by atoms with E-state index in [1.807, 2.05) is 20.2 Å². The lowest BCUT2D eigenvalue weighted by atomic mass is 10.3. The summed E-state index contributed by atoms with van der Waals surface area (Å²) in [4.78, 5) is 20.1. The van der Waals surface area contributed by atoms with Gasteiger partial charge in [0.1, 0.15) is 5.52 Å². The van der Waals surface area contributed by atoms with Crippen LogP contribution < -0.4 is 10.2 Å². The summed E-state index contributed by atoms with van der Waals surface area (Å²) in [6, 6.07) is 5.96. The van der Waals surface area contributed by atoms with Crippen LogP contribution >= 0.6 is 0 Å². The molecule has 0 aliphatic heterocycles. The fourth-order valence-electron chi connectivity index (χ4n) is 2.32. The van der Waals surface area contributed by atoms with E-state index >= 15 is 0 Å². The Balaban J connectivity index is 1.76. The number of amides is 2. The number of hydrogen-bond donors (Lipinski definition) is 2. The first-order valence-corrected chi connectivity index (χ1v) is 7.35. The van der Waals surface area contributed by atoms with Crippen molar-refractivity contribution in [3.63, 3.8) is 0 Å². The van der Waals surface area contributed by atoms with Crippen LogP contribution in [0.5, 0.6) is 0 Å². The lowest BCUT2D eigenvalue weighted by molar-refractivity contribution is 0.185. The third-order valence-electron chi connectivity index (χ3n) is 3.60. The highest BCUT2D eigenvalue weighted by atomic mass is 16.4. The highest BCUT2D eigenvalue weighted by molar-refractivity contribution is 5.92. The van der Waals surface area contributed by atoms with Gasteiger partial charge in [0.15, 0.2) is 5.58 Å². The summed E-state index contributed by atoms with van der Waals surface area (Å²) in [6.07, 6.45) is 2.00. The van der Waals surface area contributed by atoms with E-state index in [1.165, 1.54) is 0 Å². The number of aromatic nitrogens is 1. The molecule has 22 heavy (non-hydrogen) atoms. The third kappa shape index (κ3) is 2.99. The molecule has 0 spiro atoms. The minimum Gasteiger partial charge on any atom is -0.423 e. The molecule has 0 atom stereocenters. The Hall–Kier alpha value is -2.28. The summed E-state index contributed by atoms with van der Waals surface area (Å²) < 4.78 is 5.63. The molecule has 0 unspecified atom stereocenters. The molecule has 1 aliphatic rings. The Bertz CT molecular complexity index is 678. The number of rotatable bonds is 5. The molecule has 7 heteroatoms. The number of nitrogens with one attached hydrogen (secondary N) is 1. The van der Waals surface area contributed by atoms with Gasteiger partial charge in [0.25, 0.3) is 6.01 Å². The second kappa shape index (κ2) is 5.84. The average Bonchev–Trinajstić information content (AvgIpc) is 3.22.